The van der Waals surface area contributed by atoms with Crippen molar-refractivity contribution >= 4 is 32.0 Å². The molecule has 0 radical (unpaired) electrons. The third-order valence-electron chi connectivity index (χ3n) is 18.8. The van der Waals surface area contributed by atoms with Gasteiger partial charge in [-0.05, 0) is 129 Å². The third-order valence-corrected chi connectivity index (χ3v) is 23.3. The van der Waals surface area contributed by atoms with Crippen molar-refractivity contribution in [1.82, 2.24) is 19.1 Å². The number of hydrogen-bond acceptors (Lipinski definition) is 16. The van der Waals surface area contributed by atoms with Gasteiger partial charge in [0.1, 0.15) is 70.5 Å². The van der Waals surface area contributed by atoms with E-state index in [1.165, 1.54) is 9.13 Å². The van der Waals surface area contributed by atoms with E-state index in [2.05, 4.69) is 48.3 Å². The molecule has 4 heterocycles. The van der Waals surface area contributed by atoms with Crippen LogP contribution in [0.5, 0.6) is 23.0 Å². The first-order chi connectivity index (χ1) is 49.1. The van der Waals surface area contributed by atoms with Crippen LogP contribution in [0, 0.1) is 0 Å². The number of benzene rings is 8. The Hall–Kier alpha value is -10.4. The fraction of sp³-hybridized carbons (Fsp3) is 0.275. The van der Waals surface area contributed by atoms with Gasteiger partial charge in [0, 0.05) is 36.4 Å². The molecule has 10 aromatic rings. The number of carbonyl (C=O) groups excluding carboxylic acids is 2. The molecule has 520 valence electrons. The summed E-state index contributed by atoms with van der Waals surface area (Å²) in [4.78, 5) is 64.4. The summed E-state index contributed by atoms with van der Waals surface area (Å²) in [6.07, 6.45) is -1.99. The molecule has 6 atom stereocenters. The highest BCUT2D eigenvalue weighted by molar-refractivity contribution is 6.70. The van der Waals surface area contributed by atoms with E-state index >= 15 is 0 Å². The Morgan fingerprint density at radius 1 is 0.436 bits per heavy atom. The largest absolute Gasteiger partial charge is 0.497 e. The normalized spacial score (nSPS) is 17.7. The van der Waals surface area contributed by atoms with Gasteiger partial charge in [-0.2, -0.15) is 9.97 Å². The zero-order chi connectivity index (χ0) is 70.7. The van der Waals surface area contributed by atoms with Crippen molar-refractivity contribution in [2.24, 2.45) is 0 Å². The van der Waals surface area contributed by atoms with Crippen LogP contribution in [-0.2, 0) is 39.0 Å². The lowest BCUT2D eigenvalue weighted by Crippen LogP contribution is -2.55. The van der Waals surface area contributed by atoms with Gasteiger partial charge in [-0.25, -0.2) is 9.59 Å². The fourth-order valence-electron chi connectivity index (χ4n) is 13.5. The zero-order valence-electron chi connectivity index (χ0n) is 57.5. The first-order valence-corrected chi connectivity index (χ1v) is 35.6. The van der Waals surface area contributed by atoms with Gasteiger partial charge in [0.05, 0.1) is 53.9 Å². The lowest BCUT2D eigenvalue weighted by atomic mass is 9.80. The van der Waals surface area contributed by atoms with Crippen LogP contribution in [-0.4, -0.2) is 106 Å². The van der Waals surface area contributed by atoms with Gasteiger partial charge >= 0.3 is 19.9 Å². The number of nitrogens with zero attached hydrogens (tertiary/aromatic N) is 4. The molecule has 2 saturated heterocycles. The number of methoxy groups -OCH3 is 4. The Bertz CT molecular complexity index is 4130. The van der Waals surface area contributed by atoms with Crippen LogP contribution in [0.25, 0.3) is 0 Å². The molecule has 0 unspecified atom stereocenters. The molecule has 12 rings (SSSR count). The zero-order valence-corrected chi connectivity index (χ0v) is 58.5. The maximum Gasteiger partial charge on any atom is 0.351 e. The molecular formula is C80H82N6O14Si. The lowest BCUT2D eigenvalue weighted by Gasteiger charge is -2.43. The van der Waals surface area contributed by atoms with E-state index in [-0.39, 0.29) is 48.8 Å². The molecule has 2 fully saturated rings. The standard InChI is InChI=1S/C80H82N6O14Si/c1-53(2)101(54(3)4,99-67-49-73(85-47-45-71(83-77(85)89)81-75(87)55-21-13-9-14-22-55)97-69(67)51-95-79(57-25-17-11-18-26-57,59-29-37-63(91-5)38-30-59)60-31-39-64(92-6)40-32-60)100-68-50-74(86-48-46-72(84-78(86)90)82-76(88)56-23-15-10-16-24-56)98-70(68)52-96-80(58-27-19-12-20-28-58,61-33-41-65(93-7)42-34-61)62-35-43-66(94-8)44-36-62/h9-48,53-54,67-70,73-74H,49-52H2,1-8H3,(H,81,83,87,89)(H,82,84,88,90)/t67-,68+,69+,70-,73+,74-. The van der Waals surface area contributed by atoms with E-state index in [9.17, 15) is 19.2 Å². The molecular weight excluding hydrogens is 1300 g/mol. The van der Waals surface area contributed by atoms with Gasteiger partial charge in [0.2, 0.25) is 0 Å². The molecule has 2 aliphatic rings. The second-order valence-corrected chi connectivity index (χ2v) is 29.6. The summed E-state index contributed by atoms with van der Waals surface area (Å²) < 4.78 is 70.9. The van der Waals surface area contributed by atoms with E-state index in [0.717, 1.165) is 33.4 Å². The maximum atomic E-state index is 14.5. The number of anilines is 2. The topological polar surface area (TPSA) is 220 Å². The van der Waals surface area contributed by atoms with Gasteiger partial charge in [0.15, 0.2) is 0 Å². The van der Waals surface area contributed by atoms with Gasteiger partial charge < -0.3 is 57.4 Å². The average molecular weight is 1380 g/mol. The van der Waals surface area contributed by atoms with Gasteiger partial charge in [0.25, 0.3) is 11.8 Å². The Morgan fingerprint density at radius 2 is 0.723 bits per heavy atom. The molecule has 2 aromatic heterocycles. The fourth-order valence-corrected chi connectivity index (χ4v) is 17.4. The predicted octanol–water partition coefficient (Wildman–Crippen LogP) is 13.7. The van der Waals surface area contributed by atoms with Crippen molar-refractivity contribution in [2.45, 2.75) is 99.7 Å². The molecule has 0 bridgehead atoms. The lowest BCUT2D eigenvalue weighted by molar-refractivity contribution is -0.104. The summed E-state index contributed by atoms with van der Waals surface area (Å²) in [5.41, 5.74) is 1.07. The molecule has 2 N–H and O–H groups in total. The number of ether oxygens (including phenoxy) is 8. The molecule has 20 nitrogen and oxygen atoms in total. The highest BCUT2D eigenvalue weighted by Gasteiger charge is 2.55. The van der Waals surface area contributed by atoms with E-state index in [4.69, 9.17) is 46.7 Å². The summed E-state index contributed by atoms with van der Waals surface area (Å²) >= 11 is 0. The molecule has 2 amide bonds. The van der Waals surface area contributed by atoms with Crippen molar-refractivity contribution in [2.75, 3.05) is 52.3 Å². The van der Waals surface area contributed by atoms with Crippen molar-refractivity contribution in [1.29, 1.82) is 0 Å². The first-order valence-electron chi connectivity index (χ1n) is 33.6. The van der Waals surface area contributed by atoms with E-state index in [0.29, 0.717) is 34.1 Å². The van der Waals surface area contributed by atoms with Crippen LogP contribution in [0.15, 0.2) is 253 Å². The summed E-state index contributed by atoms with van der Waals surface area (Å²) in [7, 11) is 2.70. The molecule has 0 spiro atoms. The monoisotopic (exact) mass is 1380 g/mol. The van der Waals surface area contributed by atoms with Crippen molar-refractivity contribution in [3.8, 4) is 23.0 Å². The average Bonchev–Trinajstić information content (AvgIpc) is 1.39. The minimum Gasteiger partial charge on any atom is -0.497 e. The van der Waals surface area contributed by atoms with Gasteiger partial charge in [-0.3, -0.25) is 18.7 Å². The number of carbonyl (C=O) groups is 2. The predicted molar refractivity (Wildman–Crippen MR) is 385 cm³/mol. The molecule has 0 saturated carbocycles. The van der Waals surface area contributed by atoms with Gasteiger partial charge in [-0.15, -0.1) is 0 Å². The van der Waals surface area contributed by atoms with E-state index < -0.39 is 79.8 Å². The van der Waals surface area contributed by atoms with Gasteiger partial charge in [-0.1, -0.05) is 173 Å². The van der Waals surface area contributed by atoms with Crippen LogP contribution in [0.4, 0.5) is 11.6 Å². The first kappa shape index (κ1) is 70.5. The van der Waals surface area contributed by atoms with Crippen molar-refractivity contribution in [3.63, 3.8) is 0 Å². The SMILES string of the molecule is COc1ccc(C(OC[C@@H]2O[C@H](n3ccc(NC(=O)c4ccccc4)nc3=O)C[C@H]2O[Si](O[C@H]2C[C@H](n3ccc(NC(=O)c4ccccc4)nc3=O)O[C@@H]2COC(c2ccccc2)(c2ccc(OC)cc2)c2ccc(OC)cc2)(C(C)C)C(C)C)(c2ccccc2)c2ccc(OC)cc2)cc1. The molecule has 2 aliphatic heterocycles. The second kappa shape index (κ2) is 31.5. The Morgan fingerprint density at radius 3 is 1.00 bits per heavy atom. The quantitative estimate of drug-likeness (QED) is 0.0344. The number of rotatable bonds is 28. The summed E-state index contributed by atoms with van der Waals surface area (Å²) in [6.45, 7) is 8.14. The van der Waals surface area contributed by atoms with Crippen molar-refractivity contribution < 1.29 is 56.3 Å². The number of amides is 2. The number of nitrogens with one attached hydrogen (secondary N) is 2. The third kappa shape index (κ3) is 15.1. The maximum absolute atomic E-state index is 14.5. The van der Waals surface area contributed by atoms with Crippen molar-refractivity contribution in [3.05, 3.63) is 308 Å². The van der Waals surface area contributed by atoms with Crippen LogP contribution in [0.3, 0.4) is 0 Å². The summed E-state index contributed by atoms with van der Waals surface area (Å²) in [6, 6.07) is 71.3. The number of aromatic nitrogens is 4. The highest BCUT2D eigenvalue weighted by atomic mass is 28.4. The molecule has 0 aliphatic carbocycles. The molecule has 101 heavy (non-hydrogen) atoms. The van der Waals surface area contributed by atoms with Crippen LogP contribution < -0.4 is 41.0 Å². The van der Waals surface area contributed by atoms with E-state index in [1.807, 2.05) is 170 Å². The highest BCUT2D eigenvalue weighted by Crippen LogP contribution is 2.48. The molecule has 21 heteroatoms. The summed E-state index contributed by atoms with van der Waals surface area (Å²) in [5, 5.41) is 5.53. The Labute approximate surface area is 587 Å². The van der Waals surface area contributed by atoms with Crippen LogP contribution in [0.2, 0.25) is 11.1 Å². The summed E-state index contributed by atoms with van der Waals surface area (Å²) in [5.74, 6) is 1.87. The minimum absolute atomic E-state index is 0.0605. The van der Waals surface area contributed by atoms with Crippen LogP contribution in [0.1, 0.15) is 107 Å². The smallest absolute Gasteiger partial charge is 0.351 e. The number of hydrogen-bond donors (Lipinski definition) is 2. The minimum atomic E-state index is -3.77. The van der Waals surface area contributed by atoms with E-state index in [1.54, 1.807) is 101 Å². The Kier molecular flexibility index (Phi) is 22.0. The molecule has 8 aromatic carbocycles. The van der Waals surface area contributed by atoms with Crippen LogP contribution >= 0.6 is 0 Å². The second-order valence-electron chi connectivity index (χ2n) is 25.3. The Balaban J connectivity index is 0.946.